The first-order valence-electron chi connectivity index (χ1n) is 8.80. The second-order valence-corrected chi connectivity index (χ2v) is 7.05. The van der Waals surface area contributed by atoms with Crippen LogP contribution in [0.3, 0.4) is 0 Å². The quantitative estimate of drug-likeness (QED) is 0.790. The maximum Gasteiger partial charge on any atom is 0.166 e. The van der Waals surface area contributed by atoms with E-state index in [1.807, 2.05) is 35.9 Å². The molecule has 0 spiro atoms. The fraction of sp³-hybridized carbons (Fsp3) is 0.556. The number of carbonyl (C=O) groups excluding carboxylic acids is 1. The second-order valence-electron chi connectivity index (χ2n) is 7.05. The normalized spacial score (nSPS) is 19.5. The van der Waals surface area contributed by atoms with Crippen molar-refractivity contribution in [3.8, 4) is 0 Å². The van der Waals surface area contributed by atoms with E-state index >= 15 is 0 Å². The second kappa shape index (κ2) is 6.43. The molecule has 1 aliphatic carbocycles. The first-order valence-corrected chi connectivity index (χ1v) is 8.80. The van der Waals surface area contributed by atoms with Crippen LogP contribution in [0.1, 0.15) is 53.5 Å². The minimum absolute atomic E-state index is 0.142. The van der Waals surface area contributed by atoms with Crippen LogP contribution in [-0.2, 0) is 6.54 Å². The van der Waals surface area contributed by atoms with Crippen molar-refractivity contribution in [2.75, 3.05) is 13.1 Å². The van der Waals surface area contributed by atoms with Crippen LogP contribution in [0.2, 0.25) is 0 Å². The fourth-order valence-corrected chi connectivity index (χ4v) is 3.43. The number of aromatic nitrogens is 4. The molecule has 24 heavy (non-hydrogen) atoms. The van der Waals surface area contributed by atoms with Crippen LogP contribution in [0.25, 0.3) is 0 Å². The molecule has 1 saturated heterocycles. The number of piperidine rings is 1. The Morgan fingerprint density at radius 1 is 1.12 bits per heavy atom. The van der Waals surface area contributed by atoms with Gasteiger partial charge in [0.25, 0.3) is 0 Å². The molecule has 0 amide bonds. The topological polar surface area (TPSA) is 63.9 Å². The zero-order chi connectivity index (χ0) is 16.5. The molecule has 1 aromatic carbocycles. The molecule has 2 aromatic rings. The first-order chi connectivity index (χ1) is 11.7. The third-order valence-electron chi connectivity index (χ3n) is 5.11. The predicted octanol–water partition coefficient (Wildman–Crippen LogP) is 2.41. The van der Waals surface area contributed by atoms with E-state index in [2.05, 4.69) is 20.4 Å². The van der Waals surface area contributed by atoms with Gasteiger partial charge in [-0.25, -0.2) is 4.68 Å². The highest BCUT2D eigenvalue weighted by Crippen LogP contribution is 2.34. The van der Waals surface area contributed by atoms with Gasteiger partial charge in [0, 0.05) is 11.5 Å². The molecule has 0 unspecified atom stereocenters. The van der Waals surface area contributed by atoms with E-state index in [4.69, 9.17) is 0 Å². The third kappa shape index (κ3) is 3.24. The lowest BCUT2D eigenvalue weighted by atomic mass is 9.88. The Labute approximate surface area is 141 Å². The van der Waals surface area contributed by atoms with Crippen LogP contribution in [0.15, 0.2) is 24.3 Å². The molecule has 6 nitrogen and oxygen atoms in total. The summed E-state index contributed by atoms with van der Waals surface area (Å²) in [6.07, 6.45) is 4.20. The van der Waals surface area contributed by atoms with Crippen molar-refractivity contribution in [1.29, 1.82) is 0 Å². The number of carbonyl (C=O) groups is 1. The number of Topliss-reactive ketones (excluding diaryl/α,β-unsaturated/α-hetero) is 1. The van der Waals surface area contributed by atoms with Crippen molar-refractivity contribution < 1.29 is 4.79 Å². The Balaban J connectivity index is 1.34. The molecule has 0 N–H and O–H groups in total. The Kier molecular flexibility index (Phi) is 4.14. The molecule has 0 atom stereocenters. The number of rotatable bonds is 5. The molecule has 2 fully saturated rings. The van der Waals surface area contributed by atoms with Gasteiger partial charge in [-0.1, -0.05) is 29.8 Å². The Hall–Kier alpha value is -2.08. The summed E-state index contributed by atoms with van der Waals surface area (Å²) in [5, 5.41) is 12.1. The van der Waals surface area contributed by atoms with E-state index in [1.54, 1.807) is 0 Å². The van der Waals surface area contributed by atoms with Gasteiger partial charge in [-0.3, -0.25) is 9.69 Å². The molecule has 0 bridgehead atoms. The number of aryl methyl sites for hydroxylation is 1. The highest BCUT2D eigenvalue weighted by atomic mass is 16.1. The van der Waals surface area contributed by atoms with Crippen LogP contribution in [0.5, 0.6) is 0 Å². The Bertz CT molecular complexity index is 711. The molecule has 126 valence electrons. The maximum atomic E-state index is 12.6. The van der Waals surface area contributed by atoms with E-state index in [1.165, 1.54) is 18.4 Å². The summed E-state index contributed by atoms with van der Waals surface area (Å²) in [6.45, 7) is 4.69. The summed E-state index contributed by atoms with van der Waals surface area (Å²) in [7, 11) is 0. The average Bonchev–Trinajstić information content (AvgIpc) is 3.35. The molecule has 4 rings (SSSR count). The van der Waals surface area contributed by atoms with E-state index in [0.29, 0.717) is 6.04 Å². The van der Waals surface area contributed by atoms with Gasteiger partial charge in [0.2, 0.25) is 0 Å². The molecule has 0 radical (unpaired) electrons. The molecular formula is C18H23N5O. The number of nitrogens with zero attached hydrogens (tertiary/aromatic N) is 5. The van der Waals surface area contributed by atoms with Crippen LogP contribution in [0.4, 0.5) is 0 Å². The maximum absolute atomic E-state index is 12.6. The lowest BCUT2D eigenvalue weighted by molar-refractivity contribution is 0.0831. The molecule has 1 aliphatic heterocycles. The lowest BCUT2D eigenvalue weighted by Crippen LogP contribution is -2.36. The van der Waals surface area contributed by atoms with Gasteiger partial charge in [0.15, 0.2) is 11.6 Å². The van der Waals surface area contributed by atoms with E-state index in [-0.39, 0.29) is 11.7 Å². The first kappa shape index (κ1) is 15.4. The molecule has 2 heterocycles. The molecule has 2 aliphatic rings. The van der Waals surface area contributed by atoms with Crippen LogP contribution < -0.4 is 0 Å². The third-order valence-corrected chi connectivity index (χ3v) is 5.11. The minimum atomic E-state index is 0.142. The number of hydrogen-bond donors (Lipinski definition) is 0. The number of hydrogen-bond acceptors (Lipinski definition) is 5. The number of tetrazole rings is 1. The SMILES string of the molecule is Cc1ccc(C(=O)C2CCN(Cc3nnnn3C3CC3)CC2)cc1. The average molecular weight is 325 g/mol. The molecule has 1 saturated carbocycles. The molecule has 1 aromatic heterocycles. The fourth-order valence-electron chi connectivity index (χ4n) is 3.43. The summed E-state index contributed by atoms with van der Waals surface area (Å²) in [5.74, 6) is 1.39. The lowest BCUT2D eigenvalue weighted by Gasteiger charge is -2.30. The zero-order valence-corrected chi connectivity index (χ0v) is 14.1. The largest absolute Gasteiger partial charge is 0.296 e. The zero-order valence-electron chi connectivity index (χ0n) is 14.1. The summed E-state index contributed by atoms with van der Waals surface area (Å²) in [5.41, 5.74) is 2.03. The van der Waals surface area contributed by atoms with Gasteiger partial charge >= 0.3 is 0 Å². The summed E-state index contributed by atoms with van der Waals surface area (Å²) in [4.78, 5) is 15.0. The number of ketones is 1. The summed E-state index contributed by atoms with van der Waals surface area (Å²) in [6, 6.07) is 8.44. The van der Waals surface area contributed by atoms with Crippen molar-refractivity contribution in [3.63, 3.8) is 0 Å². The van der Waals surface area contributed by atoms with E-state index in [0.717, 1.165) is 43.9 Å². The van der Waals surface area contributed by atoms with Crippen LogP contribution in [0, 0.1) is 12.8 Å². The standard InChI is InChI=1S/C18H23N5O/c1-13-2-4-14(5-3-13)18(24)15-8-10-22(11-9-15)12-17-19-20-21-23(17)16-6-7-16/h2-5,15-16H,6-12H2,1H3. The van der Waals surface area contributed by atoms with Crippen LogP contribution >= 0.6 is 0 Å². The highest BCUT2D eigenvalue weighted by Gasteiger charge is 2.30. The van der Waals surface area contributed by atoms with Gasteiger partial charge in [0.1, 0.15) is 0 Å². The van der Waals surface area contributed by atoms with Crippen LogP contribution in [-0.4, -0.2) is 44.0 Å². The minimum Gasteiger partial charge on any atom is -0.296 e. The predicted molar refractivity (Wildman–Crippen MR) is 89.6 cm³/mol. The Morgan fingerprint density at radius 3 is 2.50 bits per heavy atom. The van der Waals surface area contributed by atoms with E-state index < -0.39 is 0 Å². The Morgan fingerprint density at radius 2 is 1.83 bits per heavy atom. The monoisotopic (exact) mass is 325 g/mol. The number of benzene rings is 1. The van der Waals surface area contributed by atoms with Gasteiger partial charge in [-0.05, 0) is 56.1 Å². The van der Waals surface area contributed by atoms with Crippen molar-refractivity contribution in [1.82, 2.24) is 25.1 Å². The van der Waals surface area contributed by atoms with Crippen molar-refractivity contribution in [2.45, 2.75) is 45.2 Å². The van der Waals surface area contributed by atoms with E-state index in [9.17, 15) is 4.79 Å². The smallest absolute Gasteiger partial charge is 0.166 e. The van der Waals surface area contributed by atoms with Crippen molar-refractivity contribution in [3.05, 3.63) is 41.2 Å². The van der Waals surface area contributed by atoms with Crippen molar-refractivity contribution >= 4 is 5.78 Å². The molecular weight excluding hydrogens is 302 g/mol. The molecule has 6 heteroatoms. The van der Waals surface area contributed by atoms with Gasteiger partial charge < -0.3 is 0 Å². The van der Waals surface area contributed by atoms with Gasteiger partial charge in [0.05, 0.1) is 12.6 Å². The van der Waals surface area contributed by atoms with Gasteiger partial charge in [-0.15, -0.1) is 5.10 Å². The van der Waals surface area contributed by atoms with Gasteiger partial charge in [-0.2, -0.15) is 0 Å². The number of likely N-dealkylation sites (tertiary alicyclic amines) is 1. The highest BCUT2D eigenvalue weighted by molar-refractivity contribution is 5.97. The van der Waals surface area contributed by atoms with Crippen molar-refractivity contribution in [2.24, 2.45) is 5.92 Å². The summed E-state index contributed by atoms with van der Waals surface area (Å²) < 4.78 is 1.98. The summed E-state index contributed by atoms with van der Waals surface area (Å²) >= 11 is 0.